The van der Waals surface area contributed by atoms with Crippen LogP contribution in [0.4, 0.5) is 5.69 Å². The highest BCUT2D eigenvalue weighted by atomic mass is 15.2. The van der Waals surface area contributed by atoms with E-state index in [4.69, 9.17) is 5.73 Å². The second kappa shape index (κ2) is 4.57. The lowest BCUT2D eigenvalue weighted by Crippen LogP contribution is -2.20. The Labute approximate surface area is 107 Å². The SMILES string of the molecule is CCN1CCC(Cc2cnn3cc(N)cnc23)C1. The van der Waals surface area contributed by atoms with Gasteiger partial charge in [0.15, 0.2) is 5.65 Å². The Balaban J connectivity index is 1.79. The van der Waals surface area contributed by atoms with Crippen LogP contribution in [-0.4, -0.2) is 39.1 Å². The molecule has 0 radical (unpaired) electrons. The van der Waals surface area contributed by atoms with E-state index in [-0.39, 0.29) is 0 Å². The molecular weight excluding hydrogens is 226 g/mol. The highest BCUT2D eigenvalue weighted by Gasteiger charge is 2.22. The number of nitrogens with zero attached hydrogens (tertiary/aromatic N) is 4. The third-order valence-corrected chi connectivity index (χ3v) is 3.78. The van der Waals surface area contributed by atoms with Gasteiger partial charge in [-0.05, 0) is 31.8 Å². The van der Waals surface area contributed by atoms with E-state index in [1.165, 1.54) is 25.1 Å². The second-order valence-corrected chi connectivity index (χ2v) is 5.08. The molecule has 18 heavy (non-hydrogen) atoms. The predicted molar refractivity (Wildman–Crippen MR) is 71.3 cm³/mol. The monoisotopic (exact) mass is 245 g/mol. The van der Waals surface area contributed by atoms with Crippen LogP contribution in [0.3, 0.4) is 0 Å². The van der Waals surface area contributed by atoms with Gasteiger partial charge in [-0.15, -0.1) is 0 Å². The Bertz CT molecular complexity index is 547. The molecule has 96 valence electrons. The van der Waals surface area contributed by atoms with E-state index in [2.05, 4.69) is 21.9 Å². The van der Waals surface area contributed by atoms with E-state index in [0.717, 1.165) is 24.5 Å². The normalized spacial score (nSPS) is 20.8. The molecule has 0 aromatic carbocycles. The standard InChI is InChI=1S/C13H19N5/c1-2-17-4-3-10(8-17)5-11-6-16-18-9-12(14)7-15-13(11)18/h6-7,9-10H,2-5,8,14H2,1H3. The number of hydrogen-bond donors (Lipinski definition) is 1. The maximum absolute atomic E-state index is 5.70. The number of hydrogen-bond acceptors (Lipinski definition) is 4. The van der Waals surface area contributed by atoms with Crippen molar-refractivity contribution in [3.05, 3.63) is 24.2 Å². The second-order valence-electron chi connectivity index (χ2n) is 5.08. The molecular formula is C13H19N5. The first-order valence-corrected chi connectivity index (χ1v) is 6.56. The largest absolute Gasteiger partial charge is 0.396 e. The summed E-state index contributed by atoms with van der Waals surface area (Å²) in [7, 11) is 0. The average Bonchev–Trinajstić information content (AvgIpc) is 2.97. The molecule has 2 N–H and O–H groups in total. The summed E-state index contributed by atoms with van der Waals surface area (Å²) in [4.78, 5) is 6.89. The quantitative estimate of drug-likeness (QED) is 0.882. The van der Waals surface area contributed by atoms with Crippen LogP contribution < -0.4 is 5.73 Å². The lowest BCUT2D eigenvalue weighted by atomic mass is 10.0. The summed E-state index contributed by atoms with van der Waals surface area (Å²) in [5, 5.41) is 4.32. The van der Waals surface area contributed by atoms with Gasteiger partial charge < -0.3 is 10.6 Å². The third-order valence-electron chi connectivity index (χ3n) is 3.78. The van der Waals surface area contributed by atoms with Crippen molar-refractivity contribution >= 4 is 11.3 Å². The molecule has 0 aliphatic carbocycles. The summed E-state index contributed by atoms with van der Waals surface area (Å²) in [5.41, 5.74) is 8.53. The minimum atomic E-state index is 0.648. The van der Waals surface area contributed by atoms with Crippen molar-refractivity contribution in [1.82, 2.24) is 19.5 Å². The van der Waals surface area contributed by atoms with Gasteiger partial charge in [0.25, 0.3) is 0 Å². The molecule has 1 aliphatic rings. The van der Waals surface area contributed by atoms with Crippen molar-refractivity contribution in [1.29, 1.82) is 0 Å². The fourth-order valence-corrected chi connectivity index (χ4v) is 2.76. The molecule has 1 fully saturated rings. The molecule has 0 spiro atoms. The zero-order valence-electron chi connectivity index (χ0n) is 10.7. The van der Waals surface area contributed by atoms with Crippen molar-refractivity contribution in [2.75, 3.05) is 25.4 Å². The van der Waals surface area contributed by atoms with Gasteiger partial charge >= 0.3 is 0 Å². The van der Waals surface area contributed by atoms with Gasteiger partial charge in [-0.3, -0.25) is 0 Å². The van der Waals surface area contributed by atoms with Gasteiger partial charge in [0, 0.05) is 12.1 Å². The number of rotatable bonds is 3. The van der Waals surface area contributed by atoms with Crippen LogP contribution in [0.5, 0.6) is 0 Å². The van der Waals surface area contributed by atoms with Gasteiger partial charge in [0.2, 0.25) is 0 Å². The number of fused-ring (bicyclic) bond motifs is 1. The summed E-state index contributed by atoms with van der Waals surface area (Å²) in [5.74, 6) is 0.734. The van der Waals surface area contributed by atoms with E-state index < -0.39 is 0 Å². The summed E-state index contributed by atoms with van der Waals surface area (Å²) in [6.45, 7) is 5.80. The van der Waals surface area contributed by atoms with Crippen LogP contribution in [-0.2, 0) is 6.42 Å². The van der Waals surface area contributed by atoms with E-state index in [9.17, 15) is 0 Å². The lowest BCUT2D eigenvalue weighted by Gasteiger charge is -2.12. The molecule has 3 heterocycles. The maximum atomic E-state index is 5.70. The number of nitrogens with two attached hydrogens (primary N) is 1. The molecule has 1 unspecified atom stereocenters. The molecule has 0 saturated carbocycles. The predicted octanol–water partition coefficient (Wildman–Crippen LogP) is 1.20. The van der Waals surface area contributed by atoms with Gasteiger partial charge in [-0.1, -0.05) is 6.92 Å². The first kappa shape index (κ1) is 11.5. The summed E-state index contributed by atoms with van der Waals surface area (Å²) in [6.07, 6.45) is 7.79. The first-order valence-electron chi connectivity index (χ1n) is 6.56. The van der Waals surface area contributed by atoms with E-state index in [1.54, 1.807) is 10.7 Å². The minimum Gasteiger partial charge on any atom is -0.396 e. The number of likely N-dealkylation sites (tertiary alicyclic amines) is 1. The molecule has 1 aliphatic heterocycles. The first-order chi connectivity index (χ1) is 8.76. The molecule has 5 nitrogen and oxygen atoms in total. The average molecular weight is 245 g/mol. The molecule has 0 amide bonds. The van der Waals surface area contributed by atoms with Crippen LogP contribution in [0.1, 0.15) is 18.9 Å². The van der Waals surface area contributed by atoms with Crippen LogP contribution in [0.2, 0.25) is 0 Å². The van der Waals surface area contributed by atoms with Crippen molar-refractivity contribution in [2.45, 2.75) is 19.8 Å². The van der Waals surface area contributed by atoms with Crippen molar-refractivity contribution in [3.8, 4) is 0 Å². The van der Waals surface area contributed by atoms with E-state index in [1.807, 2.05) is 12.4 Å². The molecule has 2 aromatic heterocycles. The van der Waals surface area contributed by atoms with Gasteiger partial charge in [-0.25, -0.2) is 9.50 Å². The Morgan fingerprint density at radius 2 is 2.33 bits per heavy atom. The highest BCUT2D eigenvalue weighted by Crippen LogP contribution is 2.22. The van der Waals surface area contributed by atoms with Gasteiger partial charge in [-0.2, -0.15) is 5.10 Å². The van der Waals surface area contributed by atoms with Crippen molar-refractivity contribution in [3.63, 3.8) is 0 Å². The Morgan fingerprint density at radius 3 is 3.11 bits per heavy atom. The maximum Gasteiger partial charge on any atom is 0.158 e. The smallest absolute Gasteiger partial charge is 0.158 e. The topological polar surface area (TPSA) is 59.5 Å². The summed E-state index contributed by atoms with van der Waals surface area (Å²) in [6, 6.07) is 0. The van der Waals surface area contributed by atoms with E-state index >= 15 is 0 Å². The Hall–Kier alpha value is -1.62. The van der Waals surface area contributed by atoms with Crippen LogP contribution in [0.15, 0.2) is 18.6 Å². The van der Waals surface area contributed by atoms with Gasteiger partial charge in [0.05, 0.1) is 24.3 Å². The number of aromatic nitrogens is 3. The summed E-state index contributed by atoms with van der Waals surface area (Å²) < 4.78 is 1.78. The third kappa shape index (κ3) is 2.06. The Kier molecular flexibility index (Phi) is 2.91. The number of nitrogen functional groups attached to an aromatic ring is 1. The molecule has 1 saturated heterocycles. The zero-order chi connectivity index (χ0) is 12.5. The molecule has 1 atom stereocenters. The lowest BCUT2D eigenvalue weighted by molar-refractivity contribution is 0.342. The van der Waals surface area contributed by atoms with Crippen molar-refractivity contribution < 1.29 is 0 Å². The Morgan fingerprint density at radius 1 is 1.44 bits per heavy atom. The molecule has 2 aromatic rings. The van der Waals surface area contributed by atoms with Crippen LogP contribution >= 0.6 is 0 Å². The molecule has 3 rings (SSSR count). The highest BCUT2D eigenvalue weighted by molar-refractivity contribution is 5.49. The van der Waals surface area contributed by atoms with Crippen molar-refractivity contribution in [2.24, 2.45) is 5.92 Å². The van der Waals surface area contributed by atoms with Crippen LogP contribution in [0, 0.1) is 5.92 Å². The van der Waals surface area contributed by atoms with E-state index in [0.29, 0.717) is 5.69 Å². The van der Waals surface area contributed by atoms with Gasteiger partial charge in [0.1, 0.15) is 0 Å². The fraction of sp³-hybridized carbons (Fsp3) is 0.538. The summed E-state index contributed by atoms with van der Waals surface area (Å²) >= 11 is 0. The zero-order valence-corrected chi connectivity index (χ0v) is 10.7. The molecule has 0 bridgehead atoms. The minimum absolute atomic E-state index is 0.648. The molecule has 5 heteroatoms. The fourth-order valence-electron chi connectivity index (χ4n) is 2.76. The van der Waals surface area contributed by atoms with Crippen LogP contribution in [0.25, 0.3) is 5.65 Å². The number of anilines is 1.